The van der Waals surface area contributed by atoms with Crippen LogP contribution in [0.3, 0.4) is 0 Å². The standard InChI is InChI=1S/C8H14N2O2/c11-8(6-1-2-6)10-12-7-3-4-9-5-7/h6-7,9H,1-5H2,(H,10,11). The zero-order valence-electron chi connectivity index (χ0n) is 7.01. The highest BCUT2D eigenvalue weighted by Gasteiger charge is 2.30. The molecular formula is C8H14N2O2. The first-order chi connectivity index (χ1) is 5.86. The molecule has 68 valence electrons. The molecule has 1 unspecified atom stereocenters. The average molecular weight is 170 g/mol. The van der Waals surface area contributed by atoms with Crippen molar-refractivity contribution in [1.29, 1.82) is 0 Å². The Morgan fingerprint density at radius 3 is 2.83 bits per heavy atom. The Morgan fingerprint density at radius 2 is 2.25 bits per heavy atom. The fourth-order valence-corrected chi connectivity index (χ4v) is 1.30. The average Bonchev–Trinajstić information content (AvgIpc) is 2.80. The second-order valence-corrected chi connectivity index (χ2v) is 3.47. The lowest BCUT2D eigenvalue weighted by molar-refractivity contribution is -0.138. The van der Waals surface area contributed by atoms with Gasteiger partial charge in [0.1, 0.15) is 0 Å². The first-order valence-corrected chi connectivity index (χ1v) is 4.52. The second kappa shape index (κ2) is 3.41. The predicted octanol–water partition coefficient (Wildman–Crippen LogP) is -0.194. The summed E-state index contributed by atoms with van der Waals surface area (Å²) in [5.41, 5.74) is 2.51. The van der Waals surface area contributed by atoms with Gasteiger partial charge in [0.2, 0.25) is 5.91 Å². The van der Waals surface area contributed by atoms with Gasteiger partial charge >= 0.3 is 0 Å². The van der Waals surface area contributed by atoms with Gasteiger partial charge in [-0.05, 0) is 25.8 Å². The van der Waals surface area contributed by atoms with Crippen LogP contribution in [-0.2, 0) is 9.63 Å². The molecule has 4 heteroatoms. The zero-order chi connectivity index (χ0) is 8.39. The van der Waals surface area contributed by atoms with Crippen molar-refractivity contribution in [3.63, 3.8) is 0 Å². The number of hydroxylamine groups is 1. The molecule has 0 aromatic carbocycles. The summed E-state index contributed by atoms with van der Waals surface area (Å²) in [6.07, 6.45) is 3.22. The molecular weight excluding hydrogens is 156 g/mol. The van der Waals surface area contributed by atoms with Crippen LogP contribution >= 0.6 is 0 Å². The maximum atomic E-state index is 11.1. The van der Waals surface area contributed by atoms with Crippen molar-refractivity contribution in [1.82, 2.24) is 10.8 Å². The van der Waals surface area contributed by atoms with E-state index in [1.54, 1.807) is 0 Å². The van der Waals surface area contributed by atoms with Gasteiger partial charge < -0.3 is 5.32 Å². The SMILES string of the molecule is O=C(NOC1CCNC1)C1CC1. The van der Waals surface area contributed by atoms with Crippen LogP contribution < -0.4 is 10.8 Å². The van der Waals surface area contributed by atoms with Gasteiger partial charge in [0.25, 0.3) is 0 Å². The van der Waals surface area contributed by atoms with Crippen LogP contribution in [0.4, 0.5) is 0 Å². The lowest BCUT2D eigenvalue weighted by Gasteiger charge is -2.09. The molecule has 0 aromatic heterocycles. The van der Waals surface area contributed by atoms with Crippen LogP contribution in [0.2, 0.25) is 0 Å². The van der Waals surface area contributed by atoms with E-state index in [9.17, 15) is 4.79 Å². The first kappa shape index (κ1) is 8.01. The Kier molecular flexibility index (Phi) is 2.28. The number of carbonyl (C=O) groups excluding carboxylic acids is 1. The Bertz CT molecular complexity index is 174. The number of carbonyl (C=O) groups is 1. The third-order valence-corrected chi connectivity index (χ3v) is 2.29. The van der Waals surface area contributed by atoms with Gasteiger partial charge in [-0.25, -0.2) is 5.48 Å². The molecule has 1 saturated heterocycles. The highest BCUT2D eigenvalue weighted by Crippen LogP contribution is 2.28. The summed E-state index contributed by atoms with van der Waals surface area (Å²) in [4.78, 5) is 16.3. The monoisotopic (exact) mass is 170 g/mol. The van der Waals surface area contributed by atoms with Crippen molar-refractivity contribution in [2.45, 2.75) is 25.4 Å². The Labute approximate surface area is 71.6 Å². The minimum absolute atomic E-state index is 0.0573. The summed E-state index contributed by atoms with van der Waals surface area (Å²) < 4.78 is 0. The molecule has 1 amide bonds. The van der Waals surface area contributed by atoms with E-state index in [0.717, 1.165) is 32.4 Å². The van der Waals surface area contributed by atoms with Crippen LogP contribution in [0.25, 0.3) is 0 Å². The summed E-state index contributed by atoms with van der Waals surface area (Å²) in [5, 5.41) is 3.16. The van der Waals surface area contributed by atoms with E-state index < -0.39 is 0 Å². The molecule has 0 aromatic rings. The van der Waals surface area contributed by atoms with E-state index in [2.05, 4.69) is 10.8 Å². The molecule has 0 radical (unpaired) electrons. The molecule has 12 heavy (non-hydrogen) atoms. The van der Waals surface area contributed by atoms with Crippen LogP contribution in [0.5, 0.6) is 0 Å². The molecule has 1 heterocycles. The van der Waals surface area contributed by atoms with Gasteiger partial charge in [-0.15, -0.1) is 0 Å². The van der Waals surface area contributed by atoms with Gasteiger partial charge in [-0.2, -0.15) is 0 Å². The number of hydrogen-bond acceptors (Lipinski definition) is 3. The maximum absolute atomic E-state index is 11.1. The van der Waals surface area contributed by atoms with E-state index in [1.807, 2.05) is 0 Å². The Balaban J connectivity index is 1.63. The number of amides is 1. The number of rotatable bonds is 3. The zero-order valence-corrected chi connectivity index (χ0v) is 7.01. The molecule has 2 aliphatic rings. The maximum Gasteiger partial charge on any atom is 0.246 e. The van der Waals surface area contributed by atoms with Gasteiger partial charge in [0, 0.05) is 12.5 Å². The fourth-order valence-electron chi connectivity index (χ4n) is 1.30. The highest BCUT2D eigenvalue weighted by atomic mass is 16.7. The molecule has 1 atom stereocenters. The van der Waals surface area contributed by atoms with E-state index in [1.165, 1.54) is 0 Å². The Morgan fingerprint density at radius 1 is 1.42 bits per heavy atom. The van der Waals surface area contributed by atoms with Crippen molar-refractivity contribution < 1.29 is 9.63 Å². The van der Waals surface area contributed by atoms with Gasteiger partial charge in [-0.3, -0.25) is 9.63 Å². The van der Waals surface area contributed by atoms with Gasteiger partial charge in [0.05, 0.1) is 6.10 Å². The number of hydrogen-bond donors (Lipinski definition) is 2. The molecule has 2 N–H and O–H groups in total. The van der Waals surface area contributed by atoms with Crippen molar-refractivity contribution in [3.05, 3.63) is 0 Å². The van der Waals surface area contributed by atoms with E-state index in [0.29, 0.717) is 0 Å². The van der Waals surface area contributed by atoms with Crippen molar-refractivity contribution >= 4 is 5.91 Å². The molecule has 2 fully saturated rings. The Hall–Kier alpha value is -0.610. The van der Waals surface area contributed by atoms with E-state index in [-0.39, 0.29) is 17.9 Å². The van der Waals surface area contributed by atoms with Crippen molar-refractivity contribution in [2.24, 2.45) is 5.92 Å². The van der Waals surface area contributed by atoms with E-state index >= 15 is 0 Å². The number of nitrogens with one attached hydrogen (secondary N) is 2. The molecule has 1 aliphatic carbocycles. The normalized spacial score (nSPS) is 28.8. The third-order valence-electron chi connectivity index (χ3n) is 2.29. The third kappa shape index (κ3) is 1.95. The van der Waals surface area contributed by atoms with Crippen molar-refractivity contribution in [2.75, 3.05) is 13.1 Å². The summed E-state index contributed by atoms with van der Waals surface area (Å²) in [6.45, 7) is 1.84. The smallest absolute Gasteiger partial charge is 0.246 e. The minimum Gasteiger partial charge on any atom is -0.314 e. The van der Waals surface area contributed by atoms with Crippen LogP contribution in [-0.4, -0.2) is 25.1 Å². The largest absolute Gasteiger partial charge is 0.314 e. The quantitative estimate of drug-likeness (QED) is 0.577. The fraction of sp³-hybridized carbons (Fsp3) is 0.875. The van der Waals surface area contributed by atoms with Crippen LogP contribution in [0, 0.1) is 5.92 Å². The van der Waals surface area contributed by atoms with Crippen LogP contribution in [0.1, 0.15) is 19.3 Å². The summed E-state index contributed by atoms with van der Waals surface area (Å²) in [7, 11) is 0. The molecule has 1 saturated carbocycles. The summed E-state index contributed by atoms with van der Waals surface area (Å²) in [5.74, 6) is 0.293. The molecule has 4 nitrogen and oxygen atoms in total. The molecule has 2 rings (SSSR count). The first-order valence-electron chi connectivity index (χ1n) is 4.52. The minimum atomic E-state index is 0.0573. The summed E-state index contributed by atoms with van der Waals surface area (Å²) >= 11 is 0. The molecule has 1 aliphatic heterocycles. The topological polar surface area (TPSA) is 50.4 Å². The van der Waals surface area contributed by atoms with Gasteiger partial charge in [0.15, 0.2) is 0 Å². The lowest BCUT2D eigenvalue weighted by atomic mass is 10.3. The van der Waals surface area contributed by atoms with Crippen LogP contribution in [0.15, 0.2) is 0 Å². The second-order valence-electron chi connectivity index (χ2n) is 3.47. The molecule has 0 bridgehead atoms. The summed E-state index contributed by atoms with van der Waals surface area (Å²) in [6, 6.07) is 0. The predicted molar refractivity (Wildman–Crippen MR) is 43.2 cm³/mol. The van der Waals surface area contributed by atoms with E-state index in [4.69, 9.17) is 4.84 Å². The highest BCUT2D eigenvalue weighted by molar-refractivity contribution is 5.79. The lowest BCUT2D eigenvalue weighted by Crippen LogP contribution is -2.31. The van der Waals surface area contributed by atoms with Gasteiger partial charge in [-0.1, -0.05) is 0 Å². The van der Waals surface area contributed by atoms with Crippen molar-refractivity contribution in [3.8, 4) is 0 Å². The molecule has 0 spiro atoms.